The fraction of sp³-hybridized carbons (Fsp3) is 0.214. The van der Waals surface area contributed by atoms with Gasteiger partial charge in [-0.2, -0.15) is 13.2 Å². The number of ether oxygens (including phenoxy) is 1. The Morgan fingerprint density at radius 2 is 1.95 bits per heavy atom. The summed E-state index contributed by atoms with van der Waals surface area (Å²) in [7, 11) is 0. The van der Waals surface area contributed by atoms with E-state index < -0.39 is 11.7 Å². The second-order valence-electron chi connectivity index (χ2n) is 4.58. The topological polar surface area (TPSA) is 48.1 Å². The zero-order valence-electron chi connectivity index (χ0n) is 10.4. The van der Waals surface area contributed by atoms with Crippen molar-refractivity contribution in [2.45, 2.75) is 12.6 Å². The first-order valence-electron chi connectivity index (χ1n) is 6.04. The molecule has 0 fully saturated rings. The summed E-state index contributed by atoms with van der Waals surface area (Å²) in [4.78, 5) is 3.98. The molecule has 0 unspecified atom stereocenters. The van der Waals surface area contributed by atoms with E-state index in [1.54, 1.807) is 18.2 Å². The van der Waals surface area contributed by atoms with E-state index in [1.165, 1.54) is 0 Å². The van der Waals surface area contributed by atoms with E-state index in [0.717, 1.165) is 29.9 Å². The van der Waals surface area contributed by atoms with Gasteiger partial charge in [0.1, 0.15) is 11.6 Å². The predicted molar refractivity (Wildman–Crippen MR) is 68.3 cm³/mol. The molecule has 104 valence electrons. The highest BCUT2D eigenvalue weighted by Gasteiger charge is 2.31. The molecule has 0 saturated carbocycles. The van der Waals surface area contributed by atoms with E-state index in [4.69, 9.17) is 10.5 Å². The van der Waals surface area contributed by atoms with Gasteiger partial charge in [0.2, 0.25) is 0 Å². The van der Waals surface area contributed by atoms with Crippen LogP contribution in [0, 0.1) is 0 Å². The predicted octanol–water partition coefficient (Wildman–Crippen LogP) is 3.28. The molecule has 0 bridgehead atoms. The van der Waals surface area contributed by atoms with Crippen molar-refractivity contribution in [3.05, 3.63) is 41.5 Å². The molecule has 0 amide bonds. The Labute approximate surface area is 113 Å². The highest BCUT2D eigenvalue weighted by Crippen LogP contribution is 2.34. The van der Waals surface area contributed by atoms with Crippen LogP contribution in [0.15, 0.2) is 30.3 Å². The number of hydrogen-bond acceptors (Lipinski definition) is 3. The molecule has 1 aromatic carbocycles. The lowest BCUT2D eigenvalue weighted by Gasteiger charge is -2.10. The normalized spacial score (nSPS) is 13.9. The van der Waals surface area contributed by atoms with Gasteiger partial charge in [-0.05, 0) is 35.9 Å². The number of rotatable bonds is 1. The van der Waals surface area contributed by atoms with Gasteiger partial charge >= 0.3 is 6.18 Å². The van der Waals surface area contributed by atoms with Gasteiger partial charge in [-0.3, -0.25) is 0 Å². The summed E-state index contributed by atoms with van der Waals surface area (Å²) >= 11 is 0. The average molecular weight is 280 g/mol. The number of nitrogens with two attached hydrogens (primary N) is 1. The summed E-state index contributed by atoms with van der Waals surface area (Å²) in [6.45, 7) is 0.594. The first-order chi connectivity index (χ1) is 9.43. The van der Waals surface area contributed by atoms with E-state index in [-0.39, 0.29) is 11.5 Å². The second kappa shape index (κ2) is 4.40. The Morgan fingerprint density at radius 1 is 1.15 bits per heavy atom. The zero-order valence-corrected chi connectivity index (χ0v) is 10.4. The molecule has 3 rings (SSSR count). The van der Waals surface area contributed by atoms with Crippen LogP contribution < -0.4 is 10.5 Å². The van der Waals surface area contributed by atoms with E-state index in [9.17, 15) is 13.2 Å². The van der Waals surface area contributed by atoms with E-state index in [1.807, 2.05) is 0 Å². The van der Waals surface area contributed by atoms with Gasteiger partial charge in [-0.25, -0.2) is 4.98 Å². The molecule has 0 aliphatic carbocycles. The molecule has 1 aliphatic rings. The van der Waals surface area contributed by atoms with Gasteiger partial charge in [-0.15, -0.1) is 0 Å². The van der Waals surface area contributed by atoms with Gasteiger partial charge < -0.3 is 10.5 Å². The van der Waals surface area contributed by atoms with Crippen molar-refractivity contribution in [1.82, 2.24) is 4.98 Å². The number of fused-ring (bicyclic) bond motifs is 1. The summed E-state index contributed by atoms with van der Waals surface area (Å²) in [5, 5.41) is 0. The van der Waals surface area contributed by atoms with Crippen molar-refractivity contribution in [3.8, 4) is 17.0 Å². The highest BCUT2D eigenvalue weighted by atomic mass is 19.4. The summed E-state index contributed by atoms with van der Waals surface area (Å²) in [6, 6.07) is 7.07. The minimum absolute atomic E-state index is 0.147. The number of pyridine rings is 1. The lowest BCUT2D eigenvalue weighted by Crippen LogP contribution is -2.07. The Bertz CT molecular complexity index is 668. The van der Waals surface area contributed by atoms with Crippen LogP contribution in [0.1, 0.15) is 11.1 Å². The van der Waals surface area contributed by atoms with Crippen LogP contribution in [0.3, 0.4) is 0 Å². The Morgan fingerprint density at radius 3 is 2.70 bits per heavy atom. The van der Waals surface area contributed by atoms with Crippen molar-refractivity contribution in [1.29, 1.82) is 0 Å². The number of hydrogen-bond donors (Lipinski definition) is 1. The molecular weight excluding hydrogens is 269 g/mol. The molecule has 1 aromatic heterocycles. The lowest BCUT2D eigenvalue weighted by atomic mass is 10.0. The third kappa shape index (κ3) is 2.29. The maximum Gasteiger partial charge on any atom is 0.416 e. The van der Waals surface area contributed by atoms with Crippen molar-refractivity contribution in [2.75, 3.05) is 12.3 Å². The molecule has 0 radical (unpaired) electrons. The molecular formula is C14H11F3N2O. The number of anilines is 1. The smallest absolute Gasteiger partial charge is 0.416 e. The first-order valence-corrected chi connectivity index (χ1v) is 6.04. The van der Waals surface area contributed by atoms with Crippen molar-refractivity contribution < 1.29 is 17.9 Å². The van der Waals surface area contributed by atoms with Crippen molar-refractivity contribution >= 4 is 5.82 Å². The van der Waals surface area contributed by atoms with Gasteiger partial charge in [0.15, 0.2) is 0 Å². The number of aromatic nitrogens is 1. The Kier molecular flexibility index (Phi) is 2.81. The van der Waals surface area contributed by atoms with Crippen LogP contribution in [-0.4, -0.2) is 11.6 Å². The molecule has 2 aromatic rings. The van der Waals surface area contributed by atoms with Crippen LogP contribution in [-0.2, 0) is 12.6 Å². The van der Waals surface area contributed by atoms with Crippen molar-refractivity contribution in [3.63, 3.8) is 0 Å². The molecule has 20 heavy (non-hydrogen) atoms. The summed E-state index contributed by atoms with van der Waals surface area (Å²) in [5.74, 6) is 0.625. The monoisotopic (exact) mass is 280 g/mol. The summed E-state index contributed by atoms with van der Waals surface area (Å²) in [6.07, 6.45) is -3.69. The van der Waals surface area contributed by atoms with E-state index in [0.29, 0.717) is 12.2 Å². The zero-order chi connectivity index (χ0) is 14.3. The van der Waals surface area contributed by atoms with E-state index >= 15 is 0 Å². The quantitative estimate of drug-likeness (QED) is 0.872. The SMILES string of the molecule is Nc1cc(C(F)(F)F)cc(-c2ccc3c(c2)CCO3)n1. The number of nitrogen functional groups attached to an aromatic ring is 1. The fourth-order valence-electron chi connectivity index (χ4n) is 2.21. The van der Waals surface area contributed by atoms with Gasteiger partial charge in [-0.1, -0.05) is 0 Å². The fourth-order valence-corrected chi connectivity index (χ4v) is 2.21. The first kappa shape index (κ1) is 12.8. The van der Waals surface area contributed by atoms with Crippen LogP contribution in [0.2, 0.25) is 0 Å². The van der Waals surface area contributed by atoms with Gasteiger partial charge in [0.05, 0.1) is 17.9 Å². The highest BCUT2D eigenvalue weighted by molar-refractivity contribution is 5.65. The Balaban J connectivity index is 2.08. The molecule has 0 saturated heterocycles. The van der Waals surface area contributed by atoms with Crippen LogP contribution in [0.5, 0.6) is 5.75 Å². The summed E-state index contributed by atoms with van der Waals surface area (Å²) < 4.78 is 43.7. The largest absolute Gasteiger partial charge is 0.493 e. The minimum atomic E-state index is -4.44. The van der Waals surface area contributed by atoms with E-state index in [2.05, 4.69) is 4.98 Å². The second-order valence-corrected chi connectivity index (χ2v) is 4.58. The van der Waals surface area contributed by atoms with Gasteiger partial charge in [0, 0.05) is 12.0 Å². The third-order valence-corrected chi connectivity index (χ3v) is 3.16. The molecule has 0 spiro atoms. The number of nitrogens with zero attached hydrogens (tertiary/aromatic N) is 1. The number of benzene rings is 1. The number of halogens is 3. The maximum atomic E-state index is 12.8. The van der Waals surface area contributed by atoms with Crippen LogP contribution in [0.25, 0.3) is 11.3 Å². The molecule has 2 heterocycles. The molecule has 1 aliphatic heterocycles. The Hall–Kier alpha value is -2.24. The lowest BCUT2D eigenvalue weighted by molar-refractivity contribution is -0.137. The van der Waals surface area contributed by atoms with Crippen LogP contribution in [0.4, 0.5) is 19.0 Å². The molecule has 3 nitrogen and oxygen atoms in total. The van der Waals surface area contributed by atoms with Crippen LogP contribution >= 0.6 is 0 Å². The number of alkyl halides is 3. The third-order valence-electron chi connectivity index (χ3n) is 3.16. The van der Waals surface area contributed by atoms with Crippen molar-refractivity contribution in [2.24, 2.45) is 0 Å². The average Bonchev–Trinajstić information content (AvgIpc) is 2.84. The summed E-state index contributed by atoms with van der Waals surface area (Å²) in [5.41, 5.74) is 6.47. The molecule has 0 atom stereocenters. The molecule has 6 heteroatoms. The maximum absolute atomic E-state index is 12.8. The van der Waals surface area contributed by atoms with Gasteiger partial charge in [0.25, 0.3) is 0 Å². The standard InChI is InChI=1S/C14H11F3N2O/c15-14(16,17)10-6-11(19-13(18)7-10)8-1-2-12-9(5-8)3-4-20-12/h1-2,5-7H,3-4H2,(H2,18,19). The molecule has 2 N–H and O–H groups in total. The minimum Gasteiger partial charge on any atom is -0.493 e.